The summed E-state index contributed by atoms with van der Waals surface area (Å²) in [6.07, 6.45) is 1.30. The smallest absolute Gasteiger partial charge is 0.330 e. The summed E-state index contributed by atoms with van der Waals surface area (Å²) in [7, 11) is 0. The molecule has 0 bridgehead atoms. The van der Waals surface area contributed by atoms with Crippen LogP contribution in [0.25, 0.3) is 0 Å². The summed E-state index contributed by atoms with van der Waals surface area (Å²) in [4.78, 5) is 37.9. The van der Waals surface area contributed by atoms with Crippen molar-refractivity contribution in [3.63, 3.8) is 0 Å². The van der Waals surface area contributed by atoms with Crippen LogP contribution >= 0.6 is 0 Å². The Morgan fingerprint density at radius 1 is 1.11 bits per heavy atom. The maximum Gasteiger partial charge on any atom is 0.330 e. The molecule has 0 aromatic heterocycles. The van der Waals surface area contributed by atoms with Crippen LogP contribution in [-0.2, 0) is 9.59 Å². The van der Waals surface area contributed by atoms with Crippen molar-refractivity contribution >= 4 is 23.5 Å². The van der Waals surface area contributed by atoms with Crippen LogP contribution in [0.1, 0.15) is 45.9 Å². The van der Waals surface area contributed by atoms with E-state index in [0.717, 1.165) is 17.5 Å². The van der Waals surface area contributed by atoms with Crippen LogP contribution in [0.15, 0.2) is 42.5 Å². The van der Waals surface area contributed by atoms with Gasteiger partial charge in [0.1, 0.15) is 0 Å². The van der Waals surface area contributed by atoms with Crippen LogP contribution in [0.4, 0.5) is 5.69 Å². The van der Waals surface area contributed by atoms with E-state index in [0.29, 0.717) is 29.8 Å². The predicted molar refractivity (Wildman–Crippen MR) is 102 cm³/mol. The van der Waals surface area contributed by atoms with E-state index in [2.05, 4.69) is 5.32 Å². The first-order chi connectivity index (χ1) is 12.9. The minimum Gasteiger partial charge on any atom is -0.479 e. The fourth-order valence-corrected chi connectivity index (χ4v) is 3.18. The topological polar surface area (TPSA) is 86.7 Å². The standard InChI is InChI=1S/C21H22N2O4/c1-13-8-9-15(11-14(13)2)19(21(26)27)22-20(25)16-5-3-6-17(12-16)23-10-4-7-18(23)24/h3,5-6,8-9,11-12,19H,4,7,10H2,1-2H3,(H,22,25)(H,26,27). The number of hydrogen-bond acceptors (Lipinski definition) is 3. The quantitative estimate of drug-likeness (QED) is 0.852. The van der Waals surface area contributed by atoms with E-state index in [1.54, 1.807) is 41.3 Å². The Morgan fingerprint density at radius 3 is 2.52 bits per heavy atom. The Kier molecular flexibility index (Phi) is 5.26. The van der Waals surface area contributed by atoms with Crippen molar-refractivity contribution in [2.24, 2.45) is 0 Å². The molecule has 140 valence electrons. The van der Waals surface area contributed by atoms with Gasteiger partial charge in [-0.1, -0.05) is 24.3 Å². The lowest BCUT2D eigenvalue weighted by Crippen LogP contribution is -2.34. The molecule has 0 aliphatic carbocycles. The molecule has 0 saturated carbocycles. The number of carbonyl (C=O) groups is 3. The Bertz CT molecular complexity index is 907. The van der Waals surface area contributed by atoms with Crippen LogP contribution in [-0.4, -0.2) is 29.4 Å². The molecule has 1 atom stereocenters. The molecule has 1 saturated heterocycles. The number of aryl methyl sites for hydroxylation is 2. The summed E-state index contributed by atoms with van der Waals surface area (Å²) in [5.41, 5.74) is 3.51. The summed E-state index contributed by atoms with van der Waals surface area (Å²) in [6, 6.07) is 10.9. The van der Waals surface area contributed by atoms with E-state index < -0.39 is 17.9 Å². The van der Waals surface area contributed by atoms with E-state index in [4.69, 9.17) is 0 Å². The largest absolute Gasteiger partial charge is 0.479 e. The van der Waals surface area contributed by atoms with Crippen LogP contribution in [0.3, 0.4) is 0 Å². The molecule has 6 heteroatoms. The first-order valence-electron chi connectivity index (χ1n) is 8.88. The summed E-state index contributed by atoms with van der Waals surface area (Å²) in [6.45, 7) is 4.47. The molecule has 0 radical (unpaired) electrons. The van der Waals surface area contributed by atoms with E-state index in [1.165, 1.54) is 0 Å². The van der Waals surface area contributed by atoms with E-state index in [-0.39, 0.29) is 5.91 Å². The van der Waals surface area contributed by atoms with Crippen LogP contribution in [0, 0.1) is 13.8 Å². The normalized spacial score (nSPS) is 14.9. The number of aliphatic carboxylic acids is 1. The Balaban J connectivity index is 1.83. The average Bonchev–Trinajstić information content (AvgIpc) is 3.08. The molecule has 2 aromatic carbocycles. The SMILES string of the molecule is Cc1ccc(C(NC(=O)c2cccc(N3CCCC3=O)c2)C(=O)O)cc1C. The second-order valence-corrected chi connectivity index (χ2v) is 6.79. The predicted octanol–water partition coefficient (Wildman–Crippen LogP) is 2.99. The zero-order chi connectivity index (χ0) is 19.6. The minimum atomic E-state index is -1.14. The molecule has 1 unspecified atom stereocenters. The molecular weight excluding hydrogens is 344 g/mol. The highest BCUT2D eigenvalue weighted by Crippen LogP contribution is 2.23. The molecule has 2 aromatic rings. The molecule has 2 N–H and O–H groups in total. The summed E-state index contributed by atoms with van der Waals surface area (Å²) < 4.78 is 0. The van der Waals surface area contributed by atoms with Crippen molar-refractivity contribution in [3.05, 3.63) is 64.7 Å². The Hall–Kier alpha value is -3.15. The zero-order valence-corrected chi connectivity index (χ0v) is 15.4. The van der Waals surface area contributed by atoms with Gasteiger partial charge in [-0.25, -0.2) is 4.79 Å². The third kappa shape index (κ3) is 4.00. The lowest BCUT2D eigenvalue weighted by molar-refractivity contribution is -0.139. The molecule has 1 aliphatic rings. The van der Waals surface area contributed by atoms with Gasteiger partial charge in [-0.2, -0.15) is 0 Å². The average molecular weight is 366 g/mol. The highest BCUT2D eigenvalue weighted by atomic mass is 16.4. The lowest BCUT2D eigenvalue weighted by Gasteiger charge is -2.18. The zero-order valence-electron chi connectivity index (χ0n) is 15.4. The molecule has 2 amide bonds. The van der Waals surface area contributed by atoms with Crippen molar-refractivity contribution < 1.29 is 19.5 Å². The highest BCUT2D eigenvalue weighted by Gasteiger charge is 2.25. The van der Waals surface area contributed by atoms with Crippen molar-refractivity contribution in [2.45, 2.75) is 32.7 Å². The van der Waals surface area contributed by atoms with Gasteiger partial charge in [0.2, 0.25) is 5.91 Å². The number of nitrogens with zero attached hydrogens (tertiary/aromatic N) is 1. The number of carboxylic acids is 1. The van der Waals surface area contributed by atoms with Crippen LogP contribution < -0.4 is 10.2 Å². The Labute approximate surface area is 157 Å². The number of carbonyl (C=O) groups excluding carboxylic acids is 2. The van der Waals surface area contributed by atoms with E-state index >= 15 is 0 Å². The third-order valence-corrected chi connectivity index (χ3v) is 4.88. The van der Waals surface area contributed by atoms with Gasteiger partial charge in [-0.15, -0.1) is 0 Å². The molecular formula is C21H22N2O4. The van der Waals surface area contributed by atoms with Gasteiger partial charge >= 0.3 is 5.97 Å². The molecule has 6 nitrogen and oxygen atoms in total. The van der Waals surface area contributed by atoms with Crippen molar-refractivity contribution in [1.29, 1.82) is 0 Å². The van der Waals surface area contributed by atoms with Gasteiger partial charge in [0.15, 0.2) is 6.04 Å². The maximum absolute atomic E-state index is 12.7. The summed E-state index contributed by atoms with van der Waals surface area (Å²) in [5.74, 6) is -1.59. The summed E-state index contributed by atoms with van der Waals surface area (Å²) in [5, 5.41) is 12.2. The first-order valence-corrected chi connectivity index (χ1v) is 8.88. The van der Waals surface area contributed by atoms with Gasteiger partial charge in [0, 0.05) is 24.2 Å². The highest BCUT2D eigenvalue weighted by molar-refractivity contribution is 6.00. The lowest BCUT2D eigenvalue weighted by atomic mass is 10.0. The van der Waals surface area contributed by atoms with Gasteiger partial charge in [0.25, 0.3) is 5.91 Å². The second-order valence-electron chi connectivity index (χ2n) is 6.79. The van der Waals surface area contributed by atoms with Gasteiger partial charge < -0.3 is 15.3 Å². The van der Waals surface area contributed by atoms with Crippen molar-refractivity contribution in [3.8, 4) is 0 Å². The minimum absolute atomic E-state index is 0.0334. The monoisotopic (exact) mass is 366 g/mol. The second kappa shape index (κ2) is 7.61. The van der Waals surface area contributed by atoms with E-state index in [9.17, 15) is 19.5 Å². The third-order valence-electron chi connectivity index (χ3n) is 4.88. The van der Waals surface area contributed by atoms with Crippen LogP contribution in [0.5, 0.6) is 0 Å². The van der Waals surface area contributed by atoms with E-state index in [1.807, 2.05) is 19.9 Å². The molecule has 27 heavy (non-hydrogen) atoms. The van der Waals surface area contributed by atoms with Gasteiger partial charge in [-0.05, 0) is 55.2 Å². The number of carboxylic acid groups (broad SMARTS) is 1. The maximum atomic E-state index is 12.7. The number of rotatable bonds is 5. The molecule has 3 rings (SSSR count). The van der Waals surface area contributed by atoms with Crippen molar-refractivity contribution in [2.75, 3.05) is 11.4 Å². The van der Waals surface area contributed by atoms with Crippen molar-refractivity contribution in [1.82, 2.24) is 5.32 Å². The fourth-order valence-electron chi connectivity index (χ4n) is 3.18. The number of anilines is 1. The fraction of sp³-hybridized carbons (Fsp3) is 0.286. The van der Waals surface area contributed by atoms with Gasteiger partial charge in [0.05, 0.1) is 0 Å². The number of nitrogens with one attached hydrogen (secondary N) is 1. The first kappa shape index (κ1) is 18.6. The summed E-state index contributed by atoms with van der Waals surface area (Å²) >= 11 is 0. The molecule has 0 spiro atoms. The number of benzene rings is 2. The number of amides is 2. The van der Waals surface area contributed by atoms with Gasteiger partial charge in [-0.3, -0.25) is 9.59 Å². The van der Waals surface area contributed by atoms with Crippen LogP contribution in [0.2, 0.25) is 0 Å². The number of hydrogen-bond donors (Lipinski definition) is 2. The molecule has 1 aliphatic heterocycles. The molecule has 1 fully saturated rings. The Morgan fingerprint density at radius 2 is 1.89 bits per heavy atom. The molecule has 1 heterocycles.